The molecule has 0 aliphatic carbocycles. The van der Waals surface area contributed by atoms with Crippen molar-refractivity contribution in [2.75, 3.05) is 42.3 Å². The van der Waals surface area contributed by atoms with Crippen molar-refractivity contribution in [2.24, 2.45) is 0 Å². The number of nitrogens with two attached hydrogens (primary N) is 1. The first kappa shape index (κ1) is 14.6. The Hall–Kier alpha value is -1.83. The fourth-order valence-electron chi connectivity index (χ4n) is 2.08. The van der Waals surface area contributed by atoms with Gasteiger partial charge in [-0.2, -0.15) is 0 Å². The minimum atomic E-state index is -2.99. The Morgan fingerprint density at radius 3 is 2.85 bits per heavy atom. The Morgan fingerprint density at radius 2 is 2.15 bits per heavy atom. The van der Waals surface area contributed by atoms with E-state index in [2.05, 4.69) is 9.72 Å². The lowest BCUT2D eigenvalue weighted by atomic mass is 10.2. The topological polar surface area (TPSA) is 103 Å². The maximum absolute atomic E-state index is 11.6. The van der Waals surface area contributed by atoms with Crippen molar-refractivity contribution >= 4 is 27.3 Å². The molecule has 1 saturated heterocycles. The highest BCUT2D eigenvalue weighted by atomic mass is 32.2. The van der Waals surface area contributed by atoms with Crippen LogP contribution in [-0.4, -0.2) is 51.1 Å². The van der Waals surface area contributed by atoms with Crippen molar-refractivity contribution in [1.82, 2.24) is 4.98 Å². The Balaban J connectivity index is 2.27. The number of anilines is 2. The zero-order valence-electron chi connectivity index (χ0n) is 11.2. The maximum Gasteiger partial charge on any atom is 0.340 e. The number of ether oxygens (including phenoxy) is 1. The van der Waals surface area contributed by atoms with Gasteiger partial charge in [-0.05, 0) is 12.5 Å². The molecule has 110 valence electrons. The van der Waals surface area contributed by atoms with Crippen LogP contribution in [0, 0.1) is 0 Å². The molecule has 1 aliphatic rings. The number of hydrogen-bond acceptors (Lipinski definition) is 7. The van der Waals surface area contributed by atoms with Gasteiger partial charge in [0.05, 0.1) is 36.1 Å². The fourth-order valence-corrected chi connectivity index (χ4v) is 3.35. The minimum absolute atomic E-state index is 0.0899. The van der Waals surface area contributed by atoms with Crippen molar-refractivity contribution in [2.45, 2.75) is 6.42 Å². The zero-order chi connectivity index (χ0) is 14.8. The summed E-state index contributed by atoms with van der Waals surface area (Å²) in [5, 5.41) is 0. The molecule has 2 rings (SSSR count). The van der Waals surface area contributed by atoms with Crippen LogP contribution in [0.25, 0.3) is 0 Å². The van der Waals surface area contributed by atoms with E-state index in [1.54, 1.807) is 6.07 Å². The summed E-state index contributed by atoms with van der Waals surface area (Å²) in [7, 11) is -1.71. The van der Waals surface area contributed by atoms with Crippen LogP contribution in [0.1, 0.15) is 16.8 Å². The van der Waals surface area contributed by atoms with E-state index in [1.165, 1.54) is 13.3 Å². The molecule has 1 fully saturated rings. The highest BCUT2D eigenvalue weighted by Crippen LogP contribution is 2.20. The van der Waals surface area contributed by atoms with Crippen LogP contribution in [-0.2, 0) is 14.6 Å². The number of hydrogen-bond donors (Lipinski definition) is 1. The van der Waals surface area contributed by atoms with E-state index in [-0.39, 0.29) is 22.8 Å². The summed E-state index contributed by atoms with van der Waals surface area (Å²) in [5.74, 6) is 0.278. The summed E-state index contributed by atoms with van der Waals surface area (Å²) in [6.45, 7) is 0.941. The normalized spacial score (nSPS) is 18.4. The molecule has 0 spiro atoms. The standard InChI is InChI=1S/C12H17N3O4S/c1-19-12(16)9-7-11(14-8-10(9)13)15-3-2-5-20(17,18)6-4-15/h7-8H,2-6,13H2,1H3. The molecule has 0 amide bonds. The number of carbonyl (C=O) groups is 1. The van der Waals surface area contributed by atoms with Gasteiger partial charge in [0.1, 0.15) is 5.82 Å². The van der Waals surface area contributed by atoms with Crippen LogP contribution < -0.4 is 10.6 Å². The molecule has 2 heterocycles. The number of carbonyl (C=O) groups excluding carboxylic acids is 1. The molecule has 8 heteroatoms. The molecule has 0 unspecified atom stereocenters. The number of nitrogen functional groups attached to an aromatic ring is 1. The number of pyridine rings is 1. The molecule has 1 aromatic heterocycles. The highest BCUT2D eigenvalue weighted by Gasteiger charge is 2.21. The summed E-state index contributed by atoms with van der Waals surface area (Å²) in [5.41, 5.74) is 6.17. The molecular formula is C12H17N3O4S. The monoisotopic (exact) mass is 299 g/mol. The second-order valence-electron chi connectivity index (χ2n) is 4.61. The first-order valence-corrected chi connectivity index (χ1v) is 8.04. The van der Waals surface area contributed by atoms with Crippen LogP contribution in [0.5, 0.6) is 0 Å². The third-order valence-electron chi connectivity index (χ3n) is 3.21. The molecule has 0 radical (unpaired) electrons. The number of nitrogens with zero attached hydrogens (tertiary/aromatic N) is 2. The third kappa shape index (κ3) is 3.19. The van der Waals surface area contributed by atoms with Crippen molar-refractivity contribution in [3.63, 3.8) is 0 Å². The van der Waals surface area contributed by atoms with Crippen molar-refractivity contribution in [1.29, 1.82) is 0 Å². The molecule has 1 aliphatic heterocycles. The number of rotatable bonds is 2. The number of sulfone groups is 1. The van der Waals surface area contributed by atoms with Crippen molar-refractivity contribution in [3.05, 3.63) is 17.8 Å². The lowest BCUT2D eigenvalue weighted by Crippen LogP contribution is -2.28. The van der Waals surface area contributed by atoms with Crippen molar-refractivity contribution < 1.29 is 17.9 Å². The Kier molecular flexibility index (Phi) is 4.12. The number of aromatic nitrogens is 1. The quantitative estimate of drug-likeness (QED) is 0.771. The summed E-state index contributed by atoms with van der Waals surface area (Å²) in [6, 6.07) is 1.54. The molecule has 2 N–H and O–H groups in total. The fraction of sp³-hybridized carbons (Fsp3) is 0.500. The van der Waals surface area contributed by atoms with Gasteiger partial charge in [-0.3, -0.25) is 0 Å². The largest absolute Gasteiger partial charge is 0.465 e. The van der Waals surface area contributed by atoms with E-state index in [4.69, 9.17) is 5.73 Å². The van der Waals surface area contributed by atoms with Crippen LogP contribution in [0.3, 0.4) is 0 Å². The molecule has 0 atom stereocenters. The summed E-state index contributed by atoms with van der Waals surface area (Å²) in [6.07, 6.45) is 1.93. The second kappa shape index (κ2) is 5.66. The van der Waals surface area contributed by atoms with Gasteiger partial charge in [0.25, 0.3) is 0 Å². The van der Waals surface area contributed by atoms with Crippen LogP contribution in [0.2, 0.25) is 0 Å². The SMILES string of the molecule is COC(=O)c1cc(N2CCCS(=O)(=O)CC2)ncc1N. The molecule has 0 bridgehead atoms. The Morgan fingerprint density at radius 1 is 1.40 bits per heavy atom. The van der Waals surface area contributed by atoms with Gasteiger partial charge in [-0.1, -0.05) is 0 Å². The maximum atomic E-state index is 11.6. The lowest BCUT2D eigenvalue weighted by Gasteiger charge is -2.21. The molecule has 0 aromatic carbocycles. The van der Waals surface area contributed by atoms with E-state index in [0.29, 0.717) is 25.3 Å². The first-order chi connectivity index (χ1) is 9.43. The molecule has 0 saturated carbocycles. The number of methoxy groups -OCH3 is 1. The Bertz CT molecular complexity index is 615. The first-order valence-electron chi connectivity index (χ1n) is 6.22. The van der Waals surface area contributed by atoms with Crippen molar-refractivity contribution in [3.8, 4) is 0 Å². The molecular weight excluding hydrogens is 282 g/mol. The van der Waals surface area contributed by atoms with E-state index in [9.17, 15) is 13.2 Å². The second-order valence-corrected chi connectivity index (χ2v) is 6.92. The zero-order valence-corrected chi connectivity index (χ0v) is 12.0. The minimum Gasteiger partial charge on any atom is -0.465 e. The summed E-state index contributed by atoms with van der Waals surface area (Å²) < 4.78 is 27.8. The highest BCUT2D eigenvalue weighted by molar-refractivity contribution is 7.91. The van der Waals surface area contributed by atoms with Gasteiger partial charge >= 0.3 is 5.97 Å². The third-order valence-corrected chi connectivity index (χ3v) is 4.92. The smallest absolute Gasteiger partial charge is 0.340 e. The summed E-state index contributed by atoms with van der Waals surface area (Å²) in [4.78, 5) is 17.6. The van der Waals surface area contributed by atoms with E-state index in [0.717, 1.165) is 0 Å². The Labute approximate surface area is 117 Å². The summed E-state index contributed by atoms with van der Waals surface area (Å²) >= 11 is 0. The molecule has 1 aromatic rings. The van der Waals surface area contributed by atoms with Gasteiger partial charge < -0.3 is 15.4 Å². The average molecular weight is 299 g/mol. The van der Waals surface area contributed by atoms with Crippen LogP contribution >= 0.6 is 0 Å². The lowest BCUT2D eigenvalue weighted by molar-refractivity contribution is 0.0602. The van der Waals surface area contributed by atoms with E-state index < -0.39 is 15.8 Å². The van der Waals surface area contributed by atoms with Gasteiger partial charge in [0, 0.05) is 13.1 Å². The van der Waals surface area contributed by atoms with Gasteiger partial charge in [0.15, 0.2) is 9.84 Å². The van der Waals surface area contributed by atoms with Gasteiger partial charge in [-0.15, -0.1) is 0 Å². The molecule has 7 nitrogen and oxygen atoms in total. The van der Waals surface area contributed by atoms with Gasteiger partial charge in [0.2, 0.25) is 0 Å². The molecule has 20 heavy (non-hydrogen) atoms. The van der Waals surface area contributed by atoms with E-state index >= 15 is 0 Å². The van der Waals surface area contributed by atoms with Crippen LogP contribution in [0.15, 0.2) is 12.3 Å². The van der Waals surface area contributed by atoms with Crippen LogP contribution in [0.4, 0.5) is 11.5 Å². The van der Waals surface area contributed by atoms with Gasteiger partial charge in [-0.25, -0.2) is 18.2 Å². The predicted octanol–water partition coefficient (Wildman–Crippen LogP) is 0.0753. The van der Waals surface area contributed by atoms with E-state index in [1.807, 2.05) is 4.90 Å². The average Bonchev–Trinajstić information content (AvgIpc) is 2.59. The predicted molar refractivity (Wildman–Crippen MR) is 75.5 cm³/mol. The number of esters is 1.